The molecule has 15 heavy (non-hydrogen) atoms. The minimum absolute atomic E-state index is 0. The molecular formula is C12H12N2O. The van der Waals surface area contributed by atoms with Crippen molar-refractivity contribution in [2.24, 2.45) is 10.2 Å². The first-order chi connectivity index (χ1) is 6.95. The summed E-state index contributed by atoms with van der Waals surface area (Å²) in [5, 5.41) is 8.20. The van der Waals surface area contributed by atoms with Crippen molar-refractivity contribution in [3.63, 3.8) is 0 Å². The number of rotatable bonds is 2. The summed E-state index contributed by atoms with van der Waals surface area (Å²) in [5.41, 5.74) is 1.74. The Bertz CT molecular complexity index is 371. The molecule has 2 aromatic rings. The van der Waals surface area contributed by atoms with Crippen molar-refractivity contribution in [3.8, 4) is 0 Å². The van der Waals surface area contributed by atoms with E-state index < -0.39 is 0 Å². The van der Waals surface area contributed by atoms with Gasteiger partial charge in [0.05, 0.1) is 11.4 Å². The molecule has 0 atom stereocenters. The van der Waals surface area contributed by atoms with Crippen LogP contribution < -0.4 is 0 Å². The van der Waals surface area contributed by atoms with Crippen LogP contribution in [0.5, 0.6) is 0 Å². The molecule has 76 valence electrons. The lowest BCUT2D eigenvalue weighted by molar-refractivity contribution is 0.824. The Morgan fingerprint density at radius 2 is 0.867 bits per heavy atom. The van der Waals surface area contributed by atoms with Gasteiger partial charge in [-0.1, -0.05) is 36.4 Å². The predicted octanol–water partition coefficient (Wildman–Crippen LogP) is 3.28. The van der Waals surface area contributed by atoms with E-state index in [1.807, 2.05) is 60.7 Å². The summed E-state index contributed by atoms with van der Waals surface area (Å²) >= 11 is 0. The van der Waals surface area contributed by atoms with Crippen molar-refractivity contribution in [1.29, 1.82) is 0 Å². The Morgan fingerprint density at radius 1 is 0.533 bits per heavy atom. The summed E-state index contributed by atoms with van der Waals surface area (Å²) in [7, 11) is 0. The Balaban J connectivity index is 0.00000112. The van der Waals surface area contributed by atoms with E-state index in [1.54, 1.807) is 0 Å². The first-order valence-electron chi connectivity index (χ1n) is 4.47. The molecule has 0 fully saturated rings. The molecule has 0 amide bonds. The van der Waals surface area contributed by atoms with Crippen molar-refractivity contribution >= 4 is 11.4 Å². The summed E-state index contributed by atoms with van der Waals surface area (Å²) in [6, 6.07) is 19.4. The largest absolute Gasteiger partial charge is 0.412 e. The zero-order valence-electron chi connectivity index (χ0n) is 8.17. The van der Waals surface area contributed by atoms with E-state index in [-0.39, 0.29) is 5.48 Å². The highest BCUT2D eigenvalue weighted by Crippen LogP contribution is 2.16. The fraction of sp³-hybridized carbons (Fsp3) is 0. The van der Waals surface area contributed by atoms with Gasteiger partial charge < -0.3 is 5.48 Å². The summed E-state index contributed by atoms with van der Waals surface area (Å²) in [6.07, 6.45) is 0. The fourth-order valence-electron chi connectivity index (χ4n) is 1.10. The third kappa shape index (κ3) is 3.32. The van der Waals surface area contributed by atoms with E-state index in [0.717, 1.165) is 11.4 Å². The van der Waals surface area contributed by atoms with Gasteiger partial charge in [0.25, 0.3) is 0 Å². The highest BCUT2D eigenvalue weighted by atomic mass is 16.0. The van der Waals surface area contributed by atoms with E-state index in [9.17, 15) is 0 Å². The van der Waals surface area contributed by atoms with Gasteiger partial charge in [0.1, 0.15) is 0 Å². The average molecular weight is 200 g/mol. The maximum Gasteiger partial charge on any atom is 0.0857 e. The van der Waals surface area contributed by atoms with Crippen LogP contribution in [0, 0.1) is 0 Å². The van der Waals surface area contributed by atoms with Gasteiger partial charge in [-0.15, -0.1) is 0 Å². The number of benzene rings is 2. The van der Waals surface area contributed by atoms with Crippen LogP contribution in [-0.4, -0.2) is 5.48 Å². The quantitative estimate of drug-likeness (QED) is 0.668. The van der Waals surface area contributed by atoms with Crippen LogP contribution in [0.3, 0.4) is 0 Å². The molecule has 0 aliphatic rings. The Hall–Kier alpha value is -2.00. The fourth-order valence-corrected chi connectivity index (χ4v) is 1.10. The maximum absolute atomic E-state index is 4.10. The van der Waals surface area contributed by atoms with Crippen molar-refractivity contribution in [2.45, 2.75) is 0 Å². The SMILES string of the molecule is O.c1ccc(N=Nc2ccccc2)cc1. The molecule has 2 aromatic carbocycles. The predicted molar refractivity (Wildman–Crippen MR) is 60.7 cm³/mol. The summed E-state index contributed by atoms with van der Waals surface area (Å²) in [6.45, 7) is 0. The number of azo groups is 1. The summed E-state index contributed by atoms with van der Waals surface area (Å²) < 4.78 is 0. The zero-order valence-corrected chi connectivity index (χ0v) is 8.17. The topological polar surface area (TPSA) is 56.2 Å². The lowest BCUT2D eigenvalue weighted by Crippen LogP contribution is -1.62. The van der Waals surface area contributed by atoms with Gasteiger partial charge in [0, 0.05) is 0 Å². The second-order valence-corrected chi connectivity index (χ2v) is 2.87. The molecule has 0 spiro atoms. The monoisotopic (exact) mass is 200 g/mol. The smallest absolute Gasteiger partial charge is 0.0857 e. The Morgan fingerprint density at radius 3 is 1.20 bits per heavy atom. The molecule has 0 heterocycles. The van der Waals surface area contributed by atoms with Crippen LogP contribution >= 0.6 is 0 Å². The molecule has 0 unspecified atom stereocenters. The third-order valence-electron chi connectivity index (χ3n) is 1.79. The molecule has 0 aromatic heterocycles. The standard InChI is InChI=1S/C12H10N2.H2O/c1-3-7-11(8-4-1)13-14-12-9-5-2-6-10-12;/h1-10H;1H2. The first-order valence-corrected chi connectivity index (χ1v) is 4.47. The number of hydrogen-bond acceptors (Lipinski definition) is 2. The molecule has 0 saturated heterocycles. The summed E-state index contributed by atoms with van der Waals surface area (Å²) in [4.78, 5) is 0. The normalized spacial score (nSPS) is 9.87. The average Bonchev–Trinajstić information content (AvgIpc) is 2.29. The third-order valence-corrected chi connectivity index (χ3v) is 1.79. The maximum atomic E-state index is 4.10. The van der Waals surface area contributed by atoms with Gasteiger partial charge >= 0.3 is 0 Å². The molecule has 2 N–H and O–H groups in total. The van der Waals surface area contributed by atoms with Crippen molar-refractivity contribution in [3.05, 3.63) is 60.7 Å². The van der Waals surface area contributed by atoms with E-state index in [0.29, 0.717) is 0 Å². The van der Waals surface area contributed by atoms with Crippen LogP contribution in [0.15, 0.2) is 70.9 Å². The molecular weight excluding hydrogens is 188 g/mol. The van der Waals surface area contributed by atoms with Gasteiger partial charge in [-0.25, -0.2) is 0 Å². The van der Waals surface area contributed by atoms with Crippen LogP contribution in [0.4, 0.5) is 11.4 Å². The summed E-state index contributed by atoms with van der Waals surface area (Å²) in [5.74, 6) is 0. The van der Waals surface area contributed by atoms with E-state index in [1.165, 1.54) is 0 Å². The lowest BCUT2D eigenvalue weighted by atomic mass is 10.3. The minimum atomic E-state index is 0. The van der Waals surface area contributed by atoms with E-state index >= 15 is 0 Å². The van der Waals surface area contributed by atoms with Gasteiger partial charge in [0.2, 0.25) is 0 Å². The molecule has 0 aliphatic carbocycles. The van der Waals surface area contributed by atoms with Crippen molar-refractivity contribution < 1.29 is 5.48 Å². The highest BCUT2D eigenvalue weighted by molar-refractivity contribution is 5.39. The van der Waals surface area contributed by atoms with Crippen LogP contribution in [0.2, 0.25) is 0 Å². The van der Waals surface area contributed by atoms with E-state index in [2.05, 4.69) is 10.2 Å². The molecule has 0 aliphatic heterocycles. The van der Waals surface area contributed by atoms with Crippen molar-refractivity contribution in [2.75, 3.05) is 0 Å². The molecule has 0 bridgehead atoms. The molecule has 3 nitrogen and oxygen atoms in total. The van der Waals surface area contributed by atoms with Crippen LogP contribution in [0.1, 0.15) is 0 Å². The second kappa shape index (κ2) is 5.67. The Kier molecular flexibility index (Phi) is 4.19. The number of hydrogen-bond donors (Lipinski definition) is 0. The van der Waals surface area contributed by atoms with Gasteiger partial charge in [-0.2, -0.15) is 10.2 Å². The highest BCUT2D eigenvalue weighted by Gasteiger charge is 1.86. The molecule has 3 heteroatoms. The minimum Gasteiger partial charge on any atom is -0.412 e. The zero-order chi connectivity index (χ0) is 9.64. The second-order valence-electron chi connectivity index (χ2n) is 2.87. The van der Waals surface area contributed by atoms with Gasteiger partial charge in [0.15, 0.2) is 0 Å². The van der Waals surface area contributed by atoms with Gasteiger partial charge in [-0.05, 0) is 24.3 Å². The molecule has 2 rings (SSSR count). The molecule has 0 radical (unpaired) electrons. The van der Waals surface area contributed by atoms with E-state index in [4.69, 9.17) is 0 Å². The van der Waals surface area contributed by atoms with Crippen molar-refractivity contribution in [1.82, 2.24) is 0 Å². The lowest BCUT2D eigenvalue weighted by Gasteiger charge is -1.91. The van der Waals surface area contributed by atoms with Crippen LogP contribution in [-0.2, 0) is 0 Å². The molecule has 0 saturated carbocycles. The number of nitrogens with zero attached hydrogens (tertiary/aromatic N) is 2. The van der Waals surface area contributed by atoms with Gasteiger partial charge in [-0.3, -0.25) is 0 Å². The van der Waals surface area contributed by atoms with Crippen LogP contribution in [0.25, 0.3) is 0 Å². The first kappa shape index (κ1) is 11.1. The Labute approximate surface area is 88.4 Å².